The highest BCUT2D eigenvalue weighted by Gasteiger charge is 2.45. The number of aryl methyl sites for hydroxylation is 1. The zero-order valence-electron chi connectivity index (χ0n) is 18.7. The molecule has 1 unspecified atom stereocenters. The molecule has 0 radical (unpaired) electrons. The number of fused-ring (bicyclic) bond motifs is 1. The Morgan fingerprint density at radius 3 is 2.56 bits per heavy atom. The van der Waals surface area contributed by atoms with Gasteiger partial charge < -0.3 is 10.1 Å². The lowest BCUT2D eigenvalue weighted by molar-refractivity contribution is -0.274. The topological polar surface area (TPSA) is 122 Å². The van der Waals surface area contributed by atoms with Gasteiger partial charge in [0.2, 0.25) is 11.8 Å². The largest absolute Gasteiger partial charge is 0.573 e. The average Bonchev–Trinajstić information content (AvgIpc) is 3.06. The van der Waals surface area contributed by atoms with Crippen molar-refractivity contribution in [2.45, 2.75) is 38.1 Å². The molecule has 2 aromatic rings. The van der Waals surface area contributed by atoms with Gasteiger partial charge in [0.05, 0.1) is 11.1 Å². The summed E-state index contributed by atoms with van der Waals surface area (Å²) in [7, 11) is 0. The van der Waals surface area contributed by atoms with E-state index in [4.69, 9.17) is 0 Å². The zero-order valence-corrected chi connectivity index (χ0v) is 18.7. The number of nitrogens with one attached hydrogen (secondary N) is 2. The molecule has 0 spiro atoms. The van der Waals surface area contributed by atoms with Gasteiger partial charge in [-0.15, -0.1) is 13.2 Å². The lowest BCUT2D eigenvalue weighted by atomic mass is 9.99. The summed E-state index contributed by atoms with van der Waals surface area (Å²) in [6.45, 7) is 0.145. The van der Waals surface area contributed by atoms with Crippen molar-refractivity contribution in [1.29, 1.82) is 0 Å². The third-order valence-corrected chi connectivity index (χ3v) is 5.79. The highest BCUT2D eigenvalue weighted by Crippen LogP contribution is 2.30. The van der Waals surface area contributed by atoms with Gasteiger partial charge >= 0.3 is 6.36 Å². The van der Waals surface area contributed by atoms with Crippen molar-refractivity contribution in [2.75, 3.05) is 6.54 Å². The fraction of sp³-hybridized carbons (Fsp3) is 0.292. The highest BCUT2D eigenvalue weighted by molar-refractivity contribution is 6.24. The molecule has 2 heterocycles. The quantitative estimate of drug-likeness (QED) is 0.442. The first-order valence-corrected chi connectivity index (χ1v) is 11.0. The van der Waals surface area contributed by atoms with Gasteiger partial charge in [-0.2, -0.15) is 0 Å². The monoisotopic (exact) mass is 503 g/mol. The van der Waals surface area contributed by atoms with E-state index in [1.807, 2.05) is 0 Å². The van der Waals surface area contributed by atoms with Crippen LogP contribution >= 0.6 is 0 Å². The third kappa shape index (κ3) is 5.21. The number of hydrogen-bond donors (Lipinski definition) is 2. The van der Waals surface area contributed by atoms with Crippen LogP contribution in [0.5, 0.6) is 5.75 Å². The Morgan fingerprint density at radius 1 is 1.08 bits per heavy atom. The van der Waals surface area contributed by atoms with Crippen molar-refractivity contribution in [1.82, 2.24) is 15.5 Å². The van der Waals surface area contributed by atoms with Crippen molar-refractivity contribution >= 4 is 29.5 Å². The molecule has 9 nitrogen and oxygen atoms in total. The first-order chi connectivity index (χ1) is 17.0. The maximum atomic E-state index is 13.1. The summed E-state index contributed by atoms with van der Waals surface area (Å²) in [4.78, 5) is 62.8. The second-order valence-electron chi connectivity index (χ2n) is 8.22. The molecule has 2 N–H and O–H groups in total. The van der Waals surface area contributed by atoms with E-state index in [0.717, 1.165) is 17.0 Å². The molecule has 1 saturated heterocycles. The van der Waals surface area contributed by atoms with Crippen LogP contribution in [0.2, 0.25) is 0 Å². The number of carbonyl (C=O) groups excluding carboxylic acids is 5. The number of nitrogens with zero attached hydrogens (tertiary/aromatic N) is 1. The average molecular weight is 503 g/mol. The van der Waals surface area contributed by atoms with Crippen molar-refractivity contribution in [3.8, 4) is 5.75 Å². The van der Waals surface area contributed by atoms with E-state index in [1.54, 1.807) is 12.1 Å². The minimum atomic E-state index is -4.88. The Bertz CT molecular complexity index is 1260. The van der Waals surface area contributed by atoms with Gasteiger partial charge in [-0.25, -0.2) is 0 Å². The molecular weight excluding hydrogens is 483 g/mol. The smallest absolute Gasteiger partial charge is 0.406 e. The molecule has 2 aromatic carbocycles. The standard InChI is InChI=1S/C24H20F3N3O6/c25-24(26,27)36-15-7-1-5-14(12-15)20(32)28-11-3-6-13-4-2-8-16-19(13)23(35)30(22(16)34)17-9-10-18(31)29-21(17)33/h1-2,4-5,7-8,12,17H,3,6,9-11H2,(H,28,32)(H,29,31,33). The molecule has 0 aliphatic carbocycles. The molecule has 36 heavy (non-hydrogen) atoms. The Kier molecular flexibility index (Phi) is 6.77. The fourth-order valence-electron chi connectivity index (χ4n) is 4.21. The summed E-state index contributed by atoms with van der Waals surface area (Å²) in [6.07, 6.45) is -4.14. The number of hydrogen-bond acceptors (Lipinski definition) is 6. The van der Waals surface area contributed by atoms with Crippen LogP contribution in [0.4, 0.5) is 13.2 Å². The normalized spacial score (nSPS) is 17.6. The molecule has 5 amide bonds. The summed E-state index contributed by atoms with van der Waals surface area (Å²) >= 11 is 0. The molecule has 0 aromatic heterocycles. The second kappa shape index (κ2) is 9.80. The number of carbonyl (C=O) groups is 5. The van der Waals surface area contributed by atoms with Crippen molar-refractivity contribution in [3.05, 3.63) is 64.7 Å². The van der Waals surface area contributed by atoms with Gasteiger partial charge in [-0.1, -0.05) is 18.2 Å². The number of ether oxygens (including phenoxy) is 1. The minimum absolute atomic E-state index is 0.0155. The van der Waals surface area contributed by atoms with Crippen LogP contribution in [0.25, 0.3) is 0 Å². The number of rotatable bonds is 7. The van der Waals surface area contributed by atoms with Gasteiger partial charge in [0.1, 0.15) is 11.8 Å². The lowest BCUT2D eigenvalue weighted by Gasteiger charge is -2.27. The van der Waals surface area contributed by atoms with Gasteiger partial charge in [0.15, 0.2) is 0 Å². The molecule has 1 atom stereocenters. The zero-order chi connectivity index (χ0) is 26.0. The Labute approximate surface area is 202 Å². The van der Waals surface area contributed by atoms with Crippen molar-refractivity contribution < 1.29 is 41.9 Å². The molecule has 1 fully saturated rings. The van der Waals surface area contributed by atoms with E-state index in [-0.39, 0.29) is 36.1 Å². The molecule has 0 saturated carbocycles. The molecular formula is C24H20F3N3O6. The fourth-order valence-corrected chi connectivity index (χ4v) is 4.21. The van der Waals surface area contributed by atoms with Gasteiger partial charge in [-0.05, 0) is 49.1 Å². The van der Waals surface area contributed by atoms with Crippen LogP contribution in [-0.4, -0.2) is 53.4 Å². The number of benzene rings is 2. The molecule has 188 valence electrons. The summed E-state index contributed by atoms with van der Waals surface area (Å²) in [6, 6.07) is 8.35. The number of imide groups is 2. The van der Waals surface area contributed by atoms with Crippen LogP contribution in [0, 0.1) is 0 Å². The summed E-state index contributed by atoms with van der Waals surface area (Å²) < 4.78 is 41.0. The molecule has 12 heteroatoms. The lowest BCUT2D eigenvalue weighted by Crippen LogP contribution is -2.54. The van der Waals surface area contributed by atoms with E-state index in [1.165, 1.54) is 18.2 Å². The third-order valence-electron chi connectivity index (χ3n) is 5.79. The predicted molar refractivity (Wildman–Crippen MR) is 117 cm³/mol. The van der Waals surface area contributed by atoms with Crippen LogP contribution in [-0.2, 0) is 16.0 Å². The SMILES string of the molecule is O=C1CCC(N2C(=O)c3cccc(CCCNC(=O)c4cccc(OC(F)(F)F)c4)c3C2=O)C(=O)N1. The summed E-state index contributed by atoms with van der Waals surface area (Å²) in [5.74, 6) is -3.51. The van der Waals surface area contributed by atoms with Gasteiger partial charge in [0.25, 0.3) is 17.7 Å². The molecule has 2 aliphatic heterocycles. The Morgan fingerprint density at radius 2 is 1.83 bits per heavy atom. The van der Waals surface area contributed by atoms with E-state index in [0.29, 0.717) is 18.4 Å². The van der Waals surface area contributed by atoms with Crippen molar-refractivity contribution in [3.63, 3.8) is 0 Å². The van der Waals surface area contributed by atoms with E-state index >= 15 is 0 Å². The number of halogens is 3. The van der Waals surface area contributed by atoms with E-state index < -0.39 is 47.7 Å². The summed E-state index contributed by atoms with van der Waals surface area (Å²) in [5, 5.41) is 4.74. The van der Waals surface area contributed by atoms with Gasteiger partial charge in [0, 0.05) is 18.5 Å². The first kappa shape index (κ1) is 24.9. The Hall–Kier alpha value is -4.22. The first-order valence-electron chi connectivity index (χ1n) is 11.0. The maximum Gasteiger partial charge on any atom is 0.573 e. The van der Waals surface area contributed by atoms with Gasteiger partial charge in [-0.3, -0.25) is 34.2 Å². The molecule has 4 rings (SSSR count). The number of alkyl halides is 3. The van der Waals surface area contributed by atoms with Crippen molar-refractivity contribution in [2.24, 2.45) is 0 Å². The predicted octanol–water partition coefficient (Wildman–Crippen LogP) is 2.35. The van der Waals surface area contributed by atoms with E-state index in [9.17, 15) is 37.1 Å². The Balaban J connectivity index is 1.38. The molecule has 0 bridgehead atoms. The van der Waals surface area contributed by atoms with Crippen LogP contribution in [0.1, 0.15) is 55.9 Å². The minimum Gasteiger partial charge on any atom is -0.406 e. The maximum absolute atomic E-state index is 13.1. The summed E-state index contributed by atoms with van der Waals surface area (Å²) in [5.41, 5.74) is 0.872. The number of piperidine rings is 1. The second-order valence-corrected chi connectivity index (χ2v) is 8.22. The van der Waals surface area contributed by atoms with E-state index in [2.05, 4.69) is 15.4 Å². The van der Waals surface area contributed by atoms with Crippen LogP contribution in [0.15, 0.2) is 42.5 Å². The number of amides is 5. The molecule has 2 aliphatic rings. The highest BCUT2D eigenvalue weighted by atomic mass is 19.4. The van der Waals surface area contributed by atoms with Crippen LogP contribution in [0.3, 0.4) is 0 Å². The van der Waals surface area contributed by atoms with Crippen LogP contribution < -0.4 is 15.4 Å².